The molecule has 1 aliphatic carbocycles. The average Bonchev–Trinajstić information content (AvgIpc) is 2.01. The van der Waals surface area contributed by atoms with E-state index in [4.69, 9.17) is 10.2 Å². The Morgan fingerprint density at radius 2 is 1.93 bits per heavy atom. The van der Waals surface area contributed by atoms with Crippen LogP contribution in [0.1, 0.15) is 20.3 Å². The number of rotatable bonds is 2. The summed E-state index contributed by atoms with van der Waals surface area (Å²) in [5, 5.41) is 17.8. The van der Waals surface area contributed by atoms with Crippen LogP contribution in [0.2, 0.25) is 0 Å². The third-order valence-corrected chi connectivity index (χ3v) is 2.69. The van der Waals surface area contributed by atoms with Crippen molar-refractivity contribution < 1.29 is 19.8 Å². The van der Waals surface area contributed by atoms with Gasteiger partial charge < -0.3 is 10.2 Å². The van der Waals surface area contributed by atoms with E-state index < -0.39 is 23.8 Å². The minimum Gasteiger partial charge on any atom is -0.481 e. The van der Waals surface area contributed by atoms with E-state index in [1.54, 1.807) is 6.92 Å². The molecular formula is C10H14O4. The first-order valence-electron chi connectivity index (χ1n) is 4.56. The van der Waals surface area contributed by atoms with Crippen LogP contribution in [0.25, 0.3) is 0 Å². The highest BCUT2D eigenvalue weighted by molar-refractivity contribution is 5.81. The highest BCUT2D eigenvalue weighted by Gasteiger charge is 2.39. The summed E-state index contributed by atoms with van der Waals surface area (Å²) in [6, 6.07) is 0. The number of carboxylic acid groups (broad SMARTS) is 2. The predicted molar refractivity (Wildman–Crippen MR) is 49.8 cm³/mol. The van der Waals surface area contributed by atoms with Gasteiger partial charge in [-0.2, -0.15) is 0 Å². The molecule has 0 aromatic heterocycles. The van der Waals surface area contributed by atoms with E-state index in [1.165, 1.54) is 0 Å². The summed E-state index contributed by atoms with van der Waals surface area (Å²) in [5.41, 5.74) is 0.961. The molecule has 0 saturated heterocycles. The lowest BCUT2D eigenvalue weighted by atomic mass is 9.74. The van der Waals surface area contributed by atoms with E-state index in [9.17, 15) is 9.59 Å². The molecule has 0 bridgehead atoms. The van der Waals surface area contributed by atoms with Crippen LogP contribution in [0, 0.1) is 17.8 Å². The molecule has 1 rings (SSSR count). The predicted octanol–water partition coefficient (Wildman–Crippen LogP) is 1.37. The molecule has 0 amide bonds. The first-order valence-corrected chi connectivity index (χ1v) is 4.56. The van der Waals surface area contributed by atoms with Gasteiger partial charge in [-0.3, -0.25) is 9.59 Å². The van der Waals surface area contributed by atoms with Gasteiger partial charge in [0.1, 0.15) is 0 Å². The summed E-state index contributed by atoms with van der Waals surface area (Å²) in [5.74, 6) is -3.82. The molecular weight excluding hydrogens is 184 g/mol. The molecule has 4 nitrogen and oxygen atoms in total. The molecule has 0 unspecified atom stereocenters. The van der Waals surface area contributed by atoms with Gasteiger partial charge in [0, 0.05) is 0 Å². The van der Waals surface area contributed by atoms with Gasteiger partial charge in [0.2, 0.25) is 0 Å². The minimum atomic E-state index is -1.02. The maximum atomic E-state index is 10.9. The molecule has 3 atom stereocenters. The smallest absolute Gasteiger partial charge is 0.307 e. The maximum Gasteiger partial charge on any atom is 0.307 e. The lowest BCUT2D eigenvalue weighted by Gasteiger charge is -2.29. The van der Waals surface area contributed by atoms with Gasteiger partial charge in [-0.1, -0.05) is 18.6 Å². The number of hydrogen-bond acceptors (Lipinski definition) is 2. The quantitative estimate of drug-likeness (QED) is 0.657. The zero-order valence-corrected chi connectivity index (χ0v) is 8.23. The van der Waals surface area contributed by atoms with E-state index in [1.807, 2.05) is 13.0 Å². The van der Waals surface area contributed by atoms with E-state index >= 15 is 0 Å². The standard InChI is InChI=1S/C10H14O4/c1-5-3-6(2)8(10(13)14)7(4-5)9(11)12/h3,6-8H,4H2,1-2H3,(H,11,12)(H,13,14)/t6-,7-,8-/m0/s1. The molecule has 0 saturated carbocycles. The Morgan fingerprint density at radius 1 is 1.36 bits per heavy atom. The minimum absolute atomic E-state index is 0.206. The van der Waals surface area contributed by atoms with E-state index in [2.05, 4.69) is 0 Å². The lowest BCUT2D eigenvalue weighted by Crippen LogP contribution is -2.36. The second kappa shape index (κ2) is 3.82. The topological polar surface area (TPSA) is 74.6 Å². The number of allylic oxidation sites excluding steroid dienone is 2. The van der Waals surface area contributed by atoms with Crippen LogP contribution in [-0.2, 0) is 9.59 Å². The van der Waals surface area contributed by atoms with E-state index in [0.29, 0.717) is 6.42 Å². The van der Waals surface area contributed by atoms with Crippen molar-refractivity contribution in [1.82, 2.24) is 0 Å². The highest BCUT2D eigenvalue weighted by atomic mass is 16.4. The van der Waals surface area contributed by atoms with Crippen molar-refractivity contribution in [1.29, 1.82) is 0 Å². The summed E-state index contributed by atoms with van der Waals surface area (Å²) in [4.78, 5) is 21.8. The van der Waals surface area contributed by atoms with Gasteiger partial charge in [0.05, 0.1) is 11.8 Å². The zero-order chi connectivity index (χ0) is 10.9. The Bertz CT molecular complexity index is 292. The van der Waals surface area contributed by atoms with Crippen LogP contribution in [0.15, 0.2) is 11.6 Å². The van der Waals surface area contributed by atoms with Gasteiger partial charge in [-0.25, -0.2) is 0 Å². The SMILES string of the molecule is CC1=C[C@H](C)[C@H](C(=O)O)[C@@H](C(=O)O)C1. The number of hydrogen-bond donors (Lipinski definition) is 2. The van der Waals surface area contributed by atoms with Crippen LogP contribution < -0.4 is 0 Å². The summed E-state index contributed by atoms with van der Waals surface area (Å²) in [6.07, 6.45) is 2.19. The van der Waals surface area contributed by atoms with Crippen LogP contribution in [-0.4, -0.2) is 22.2 Å². The fourth-order valence-corrected chi connectivity index (χ4v) is 2.10. The Hall–Kier alpha value is -1.32. The Kier molecular flexibility index (Phi) is 2.93. The molecule has 0 radical (unpaired) electrons. The van der Waals surface area contributed by atoms with Gasteiger partial charge in [-0.05, 0) is 19.3 Å². The zero-order valence-electron chi connectivity index (χ0n) is 8.23. The van der Waals surface area contributed by atoms with Crippen LogP contribution in [0.4, 0.5) is 0 Å². The Balaban J connectivity index is 2.98. The van der Waals surface area contributed by atoms with Crippen molar-refractivity contribution in [2.24, 2.45) is 17.8 Å². The Morgan fingerprint density at radius 3 is 2.36 bits per heavy atom. The van der Waals surface area contributed by atoms with E-state index in [0.717, 1.165) is 5.57 Å². The van der Waals surface area contributed by atoms with Gasteiger partial charge in [-0.15, -0.1) is 0 Å². The average molecular weight is 198 g/mol. The molecule has 0 aromatic carbocycles. The lowest BCUT2D eigenvalue weighted by molar-refractivity contribution is -0.155. The van der Waals surface area contributed by atoms with Gasteiger partial charge in [0.25, 0.3) is 0 Å². The maximum absolute atomic E-state index is 10.9. The van der Waals surface area contributed by atoms with Crippen LogP contribution in [0.3, 0.4) is 0 Å². The molecule has 0 aromatic rings. The molecule has 2 N–H and O–H groups in total. The Labute approximate surface area is 82.2 Å². The van der Waals surface area contributed by atoms with Crippen molar-refractivity contribution in [2.45, 2.75) is 20.3 Å². The van der Waals surface area contributed by atoms with E-state index in [-0.39, 0.29) is 5.92 Å². The summed E-state index contributed by atoms with van der Waals surface area (Å²) in [7, 11) is 0. The number of carbonyl (C=O) groups is 2. The second-order valence-corrected chi connectivity index (χ2v) is 3.89. The van der Waals surface area contributed by atoms with Crippen molar-refractivity contribution in [3.05, 3.63) is 11.6 Å². The normalized spacial score (nSPS) is 32.1. The number of carboxylic acids is 2. The van der Waals surface area contributed by atoms with Gasteiger partial charge >= 0.3 is 11.9 Å². The first-order chi connectivity index (χ1) is 6.43. The van der Waals surface area contributed by atoms with Crippen LogP contribution >= 0.6 is 0 Å². The largest absolute Gasteiger partial charge is 0.481 e. The van der Waals surface area contributed by atoms with Crippen LogP contribution in [0.5, 0.6) is 0 Å². The molecule has 0 fully saturated rings. The fraction of sp³-hybridized carbons (Fsp3) is 0.600. The third-order valence-electron chi connectivity index (χ3n) is 2.69. The monoisotopic (exact) mass is 198 g/mol. The highest BCUT2D eigenvalue weighted by Crippen LogP contribution is 2.34. The molecule has 0 spiro atoms. The molecule has 0 heterocycles. The summed E-state index contributed by atoms with van der Waals surface area (Å²) < 4.78 is 0. The second-order valence-electron chi connectivity index (χ2n) is 3.89. The molecule has 14 heavy (non-hydrogen) atoms. The van der Waals surface area contributed by atoms with Crippen molar-refractivity contribution in [3.8, 4) is 0 Å². The van der Waals surface area contributed by atoms with Gasteiger partial charge in [0.15, 0.2) is 0 Å². The molecule has 0 aliphatic heterocycles. The molecule has 4 heteroatoms. The fourth-order valence-electron chi connectivity index (χ4n) is 2.10. The molecule has 78 valence electrons. The first kappa shape index (κ1) is 10.8. The van der Waals surface area contributed by atoms with Crippen molar-refractivity contribution in [3.63, 3.8) is 0 Å². The third kappa shape index (κ3) is 1.95. The summed E-state index contributed by atoms with van der Waals surface area (Å²) in [6.45, 7) is 3.59. The van der Waals surface area contributed by atoms with Crippen molar-refractivity contribution in [2.75, 3.05) is 0 Å². The van der Waals surface area contributed by atoms with Crippen molar-refractivity contribution >= 4 is 11.9 Å². The summed E-state index contributed by atoms with van der Waals surface area (Å²) >= 11 is 0. The number of aliphatic carboxylic acids is 2. The molecule has 1 aliphatic rings.